The van der Waals surface area contributed by atoms with Gasteiger partial charge in [-0.1, -0.05) is 30.3 Å². The molecule has 0 atom stereocenters. The van der Waals surface area contributed by atoms with Crippen LogP contribution >= 0.6 is 24.2 Å². The first kappa shape index (κ1) is 19.5. The number of pyridine rings is 1. The van der Waals surface area contributed by atoms with Crippen molar-refractivity contribution in [3.8, 4) is 0 Å². The number of nitrogens with zero attached hydrogens (tertiary/aromatic N) is 2. The van der Waals surface area contributed by atoms with Gasteiger partial charge in [-0.25, -0.2) is 0 Å². The van der Waals surface area contributed by atoms with Crippen molar-refractivity contribution in [2.45, 2.75) is 17.9 Å². The van der Waals surface area contributed by atoms with Crippen LogP contribution in [0, 0.1) is 0 Å². The molecule has 0 fully saturated rings. The molecule has 2 N–H and O–H groups in total. The SMILES string of the molecule is Cl.NCCCN(Cc1ccccc1)C(=O)CSc1ccncc1. The number of rotatable bonds is 8. The van der Waals surface area contributed by atoms with Crippen LogP contribution in [0.5, 0.6) is 0 Å². The summed E-state index contributed by atoms with van der Waals surface area (Å²) in [6, 6.07) is 13.9. The second-order valence-corrected chi connectivity index (χ2v) is 5.96. The lowest BCUT2D eigenvalue weighted by atomic mass is 10.2. The fraction of sp³-hybridized carbons (Fsp3) is 0.294. The van der Waals surface area contributed by atoms with Crippen LogP contribution in [0.2, 0.25) is 0 Å². The highest BCUT2D eigenvalue weighted by Gasteiger charge is 2.13. The van der Waals surface area contributed by atoms with E-state index in [-0.39, 0.29) is 18.3 Å². The molecule has 0 saturated carbocycles. The Bertz CT molecular complexity index is 569. The number of aromatic nitrogens is 1. The Balaban J connectivity index is 0.00000264. The molecule has 6 heteroatoms. The van der Waals surface area contributed by atoms with Crippen molar-refractivity contribution in [2.75, 3.05) is 18.8 Å². The van der Waals surface area contributed by atoms with Crippen LogP contribution in [0.4, 0.5) is 0 Å². The number of amides is 1. The first-order chi connectivity index (χ1) is 10.8. The predicted molar refractivity (Wildman–Crippen MR) is 97.7 cm³/mol. The van der Waals surface area contributed by atoms with Gasteiger partial charge in [0.2, 0.25) is 5.91 Å². The molecule has 124 valence electrons. The second kappa shape index (κ2) is 11.0. The monoisotopic (exact) mass is 351 g/mol. The number of thioether (sulfide) groups is 1. The molecule has 4 nitrogen and oxygen atoms in total. The van der Waals surface area contributed by atoms with Gasteiger partial charge < -0.3 is 10.6 Å². The highest BCUT2D eigenvalue weighted by atomic mass is 35.5. The van der Waals surface area contributed by atoms with Crippen LogP contribution in [0.3, 0.4) is 0 Å². The van der Waals surface area contributed by atoms with Crippen LogP contribution in [0.25, 0.3) is 0 Å². The molecule has 0 radical (unpaired) electrons. The number of carbonyl (C=O) groups excluding carboxylic acids is 1. The fourth-order valence-corrected chi connectivity index (χ4v) is 2.84. The van der Waals surface area contributed by atoms with Gasteiger partial charge in [0.1, 0.15) is 0 Å². The summed E-state index contributed by atoms with van der Waals surface area (Å²) in [6.07, 6.45) is 4.30. The van der Waals surface area contributed by atoms with Gasteiger partial charge in [-0.15, -0.1) is 24.2 Å². The van der Waals surface area contributed by atoms with Gasteiger partial charge in [0.25, 0.3) is 0 Å². The molecule has 0 bridgehead atoms. The average molecular weight is 352 g/mol. The third-order valence-corrected chi connectivity index (χ3v) is 4.21. The first-order valence-corrected chi connectivity index (χ1v) is 8.33. The van der Waals surface area contributed by atoms with E-state index in [2.05, 4.69) is 4.98 Å². The summed E-state index contributed by atoms with van der Waals surface area (Å²) in [7, 11) is 0. The Labute approximate surface area is 147 Å². The van der Waals surface area contributed by atoms with Gasteiger partial charge in [0.05, 0.1) is 5.75 Å². The summed E-state index contributed by atoms with van der Waals surface area (Å²) < 4.78 is 0. The number of halogens is 1. The molecule has 1 heterocycles. The molecule has 0 saturated heterocycles. The molecule has 0 aliphatic heterocycles. The largest absolute Gasteiger partial charge is 0.338 e. The Hall–Kier alpha value is -1.56. The molecular formula is C17H22ClN3OS. The maximum atomic E-state index is 12.5. The molecule has 1 aromatic carbocycles. The van der Waals surface area contributed by atoms with Gasteiger partial charge >= 0.3 is 0 Å². The van der Waals surface area contributed by atoms with E-state index in [1.165, 1.54) is 11.8 Å². The zero-order valence-electron chi connectivity index (χ0n) is 12.9. The molecule has 0 aliphatic rings. The van der Waals surface area contributed by atoms with E-state index < -0.39 is 0 Å². The Morgan fingerprint density at radius 3 is 2.48 bits per heavy atom. The third-order valence-electron chi connectivity index (χ3n) is 3.21. The number of benzene rings is 1. The first-order valence-electron chi connectivity index (χ1n) is 7.34. The maximum Gasteiger partial charge on any atom is 0.233 e. The van der Waals surface area contributed by atoms with E-state index in [0.29, 0.717) is 25.4 Å². The minimum Gasteiger partial charge on any atom is -0.338 e. The summed E-state index contributed by atoms with van der Waals surface area (Å²) in [4.78, 5) is 19.4. The number of hydrogen-bond donors (Lipinski definition) is 1. The molecule has 1 amide bonds. The lowest BCUT2D eigenvalue weighted by Crippen LogP contribution is -2.33. The third kappa shape index (κ3) is 7.03. The minimum atomic E-state index is 0. The highest BCUT2D eigenvalue weighted by molar-refractivity contribution is 8.00. The molecule has 2 rings (SSSR count). The normalized spacial score (nSPS) is 9.96. The standard InChI is InChI=1S/C17H21N3OS.ClH/c18-9-4-12-20(13-15-5-2-1-3-6-15)17(21)14-22-16-7-10-19-11-8-16;/h1-3,5-8,10-11H,4,9,12-14,18H2;1H. The topological polar surface area (TPSA) is 59.2 Å². The molecular weight excluding hydrogens is 330 g/mol. The van der Waals surface area contributed by atoms with Crippen molar-refractivity contribution < 1.29 is 4.79 Å². The van der Waals surface area contributed by atoms with Crippen LogP contribution in [-0.2, 0) is 11.3 Å². The van der Waals surface area contributed by atoms with Gasteiger partial charge in [0.15, 0.2) is 0 Å². The average Bonchev–Trinajstić information content (AvgIpc) is 2.58. The number of carbonyl (C=O) groups is 1. The molecule has 2 aromatic rings. The quantitative estimate of drug-likeness (QED) is 0.743. The summed E-state index contributed by atoms with van der Waals surface area (Å²) in [5.41, 5.74) is 6.73. The Morgan fingerprint density at radius 1 is 1.13 bits per heavy atom. The van der Waals surface area contributed by atoms with E-state index in [1.54, 1.807) is 12.4 Å². The smallest absolute Gasteiger partial charge is 0.233 e. The summed E-state index contributed by atoms with van der Waals surface area (Å²) in [6.45, 7) is 1.92. The van der Waals surface area contributed by atoms with E-state index in [0.717, 1.165) is 16.9 Å². The Morgan fingerprint density at radius 2 is 1.83 bits per heavy atom. The predicted octanol–water partition coefficient (Wildman–Crippen LogP) is 2.97. The molecule has 0 unspecified atom stereocenters. The van der Waals surface area contributed by atoms with Crippen molar-refractivity contribution in [1.82, 2.24) is 9.88 Å². The molecule has 1 aromatic heterocycles. The van der Waals surface area contributed by atoms with Crippen molar-refractivity contribution in [2.24, 2.45) is 5.73 Å². The van der Waals surface area contributed by atoms with Gasteiger partial charge in [-0.05, 0) is 30.7 Å². The molecule has 23 heavy (non-hydrogen) atoms. The molecule has 0 aliphatic carbocycles. The van der Waals surface area contributed by atoms with Crippen LogP contribution in [-0.4, -0.2) is 34.6 Å². The summed E-state index contributed by atoms with van der Waals surface area (Å²) in [5.74, 6) is 0.570. The van der Waals surface area contributed by atoms with Crippen LogP contribution in [0.15, 0.2) is 59.8 Å². The van der Waals surface area contributed by atoms with Crippen LogP contribution in [0.1, 0.15) is 12.0 Å². The zero-order valence-corrected chi connectivity index (χ0v) is 14.6. The van der Waals surface area contributed by atoms with E-state index in [4.69, 9.17) is 5.73 Å². The second-order valence-electron chi connectivity index (χ2n) is 4.91. The van der Waals surface area contributed by atoms with Crippen molar-refractivity contribution in [1.29, 1.82) is 0 Å². The van der Waals surface area contributed by atoms with Gasteiger partial charge in [-0.3, -0.25) is 9.78 Å². The minimum absolute atomic E-state index is 0. The highest BCUT2D eigenvalue weighted by Crippen LogP contribution is 2.17. The lowest BCUT2D eigenvalue weighted by Gasteiger charge is -2.22. The van der Waals surface area contributed by atoms with E-state index >= 15 is 0 Å². The van der Waals surface area contributed by atoms with E-state index in [9.17, 15) is 4.79 Å². The van der Waals surface area contributed by atoms with Gasteiger partial charge in [-0.2, -0.15) is 0 Å². The van der Waals surface area contributed by atoms with E-state index in [1.807, 2.05) is 47.4 Å². The lowest BCUT2D eigenvalue weighted by molar-refractivity contribution is -0.129. The van der Waals surface area contributed by atoms with Crippen LogP contribution < -0.4 is 5.73 Å². The maximum absolute atomic E-state index is 12.5. The summed E-state index contributed by atoms with van der Waals surface area (Å²) >= 11 is 1.54. The Kier molecular flexibility index (Phi) is 9.36. The van der Waals surface area contributed by atoms with Crippen molar-refractivity contribution in [3.63, 3.8) is 0 Å². The molecule has 0 spiro atoms. The van der Waals surface area contributed by atoms with Crippen molar-refractivity contribution in [3.05, 3.63) is 60.4 Å². The number of nitrogens with two attached hydrogens (primary N) is 1. The van der Waals surface area contributed by atoms with Gasteiger partial charge in [0, 0.05) is 30.4 Å². The fourth-order valence-electron chi connectivity index (χ4n) is 2.05. The van der Waals surface area contributed by atoms with Crippen molar-refractivity contribution >= 4 is 30.1 Å². The summed E-state index contributed by atoms with van der Waals surface area (Å²) in [5, 5.41) is 0. The number of hydrogen-bond acceptors (Lipinski definition) is 4. The zero-order chi connectivity index (χ0) is 15.6.